The Morgan fingerprint density at radius 3 is 2.35 bits per heavy atom. The molecule has 3 rings (SSSR count). The second-order valence-corrected chi connectivity index (χ2v) is 8.17. The van der Waals surface area contributed by atoms with E-state index >= 15 is 0 Å². The van der Waals surface area contributed by atoms with E-state index in [1.54, 1.807) is 6.07 Å². The summed E-state index contributed by atoms with van der Waals surface area (Å²) in [6.45, 7) is 2.15. The van der Waals surface area contributed by atoms with Crippen LogP contribution in [0.4, 0.5) is 5.69 Å². The van der Waals surface area contributed by atoms with Crippen molar-refractivity contribution >= 4 is 32.4 Å². The summed E-state index contributed by atoms with van der Waals surface area (Å²) in [5.74, 6) is -1.30. The number of aromatic nitrogens is 1. The summed E-state index contributed by atoms with van der Waals surface area (Å²) in [5, 5.41) is 10.1. The normalized spacial score (nSPS) is 11.8. The van der Waals surface area contributed by atoms with E-state index in [1.807, 2.05) is 43.3 Å². The number of benzene rings is 2. The summed E-state index contributed by atoms with van der Waals surface area (Å²) in [6, 6.07) is 12.8. The average molecular weight is 372 g/mol. The summed E-state index contributed by atoms with van der Waals surface area (Å²) < 4.78 is 26.4. The zero-order valence-corrected chi connectivity index (χ0v) is 15.4. The van der Waals surface area contributed by atoms with Crippen LogP contribution in [0.3, 0.4) is 0 Å². The molecule has 0 unspecified atom stereocenters. The molecule has 136 valence electrons. The summed E-state index contributed by atoms with van der Waals surface area (Å²) in [5.41, 5.74) is 8.45. The third kappa shape index (κ3) is 2.94. The molecule has 0 saturated heterocycles. The second kappa shape index (κ2) is 6.49. The smallest absolute Gasteiger partial charge is 0.353 e. The highest BCUT2D eigenvalue weighted by Crippen LogP contribution is 2.36. The van der Waals surface area contributed by atoms with Gasteiger partial charge in [0.1, 0.15) is 10.6 Å². The zero-order chi connectivity index (χ0) is 19.1. The van der Waals surface area contributed by atoms with Gasteiger partial charge in [-0.05, 0) is 23.6 Å². The number of carboxylic acid groups (broad SMARTS) is 1. The highest BCUT2D eigenvalue weighted by molar-refractivity contribution is 7.91. The van der Waals surface area contributed by atoms with Crippen LogP contribution >= 0.6 is 0 Å². The molecule has 1 heterocycles. The van der Waals surface area contributed by atoms with Crippen molar-refractivity contribution in [2.45, 2.75) is 24.8 Å². The Balaban J connectivity index is 2.45. The van der Waals surface area contributed by atoms with Crippen LogP contribution in [-0.4, -0.2) is 30.3 Å². The predicted octanol–water partition coefficient (Wildman–Crippen LogP) is 2.94. The number of nitrogens with two attached hydrogens (primary N) is 1. The number of anilines is 1. The van der Waals surface area contributed by atoms with E-state index < -0.39 is 15.8 Å². The molecule has 26 heavy (non-hydrogen) atoms. The Morgan fingerprint density at radius 1 is 1.15 bits per heavy atom. The molecule has 0 aliphatic rings. The number of fused-ring (bicyclic) bond motifs is 1. The summed E-state index contributed by atoms with van der Waals surface area (Å²) in [7, 11) is -3.81. The molecular formula is C19H20N2O4S. The quantitative estimate of drug-likeness (QED) is 0.670. The van der Waals surface area contributed by atoms with E-state index in [2.05, 4.69) is 0 Å². The number of carbonyl (C=O) groups is 1. The Hall–Kier alpha value is -2.80. The summed E-state index contributed by atoms with van der Waals surface area (Å²) in [6.07, 6.45) is 1.64. The molecule has 0 atom stereocenters. The molecule has 6 nitrogen and oxygen atoms in total. The lowest BCUT2D eigenvalue weighted by Gasteiger charge is -2.10. The van der Waals surface area contributed by atoms with Gasteiger partial charge in [0, 0.05) is 23.9 Å². The van der Waals surface area contributed by atoms with Crippen LogP contribution in [0.1, 0.15) is 28.5 Å². The molecule has 0 aliphatic heterocycles. The maximum atomic E-state index is 12.5. The van der Waals surface area contributed by atoms with Gasteiger partial charge in [-0.15, -0.1) is 0 Å². The number of nitrogen functional groups attached to an aromatic ring is 1. The molecule has 3 aromatic rings. The van der Waals surface area contributed by atoms with E-state index in [4.69, 9.17) is 5.73 Å². The van der Waals surface area contributed by atoms with Crippen LogP contribution < -0.4 is 5.73 Å². The first kappa shape index (κ1) is 18.0. The first-order valence-corrected chi connectivity index (χ1v) is 10.1. The first-order valence-electron chi connectivity index (χ1n) is 8.16. The van der Waals surface area contributed by atoms with Gasteiger partial charge in [-0.1, -0.05) is 43.3 Å². The highest BCUT2D eigenvalue weighted by atomic mass is 32.2. The van der Waals surface area contributed by atoms with Crippen LogP contribution in [0.2, 0.25) is 0 Å². The summed E-state index contributed by atoms with van der Waals surface area (Å²) >= 11 is 0. The minimum atomic E-state index is -3.81. The van der Waals surface area contributed by atoms with Crippen LogP contribution in [0.25, 0.3) is 10.9 Å². The predicted molar refractivity (Wildman–Crippen MR) is 101 cm³/mol. The average Bonchev–Trinajstić information content (AvgIpc) is 2.92. The van der Waals surface area contributed by atoms with Crippen molar-refractivity contribution in [2.24, 2.45) is 0 Å². The van der Waals surface area contributed by atoms with Crippen molar-refractivity contribution in [3.8, 4) is 0 Å². The molecule has 3 N–H and O–H groups in total. The minimum absolute atomic E-state index is 0.219. The lowest BCUT2D eigenvalue weighted by atomic mass is 10.1. The van der Waals surface area contributed by atoms with Gasteiger partial charge in [0.25, 0.3) is 0 Å². The van der Waals surface area contributed by atoms with Crippen molar-refractivity contribution in [2.75, 3.05) is 12.0 Å². The van der Waals surface area contributed by atoms with Gasteiger partial charge in [-0.3, -0.25) is 0 Å². The van der Waals surface area contributed by atoms with Crippen LogP contribution in [-0.2, 0) is 22.8 Å². The number of sulfone groups is 1. The molecular weight excluding hydrogens is 352 g/mol. The van der Waals surface area contributed by atoms with Crippen molar-refractivity contribution in [3.63, 3.8) is 0 Å². The monoisotopic (exact) mass is 372 g/mol. The maximum Gasteiger partial charge on any atom is 0.353 e. The lowest BCUT2D eigenvalue weighted by molar-refractivity contribution is 0.0681. The van der Waals surface area contributed by atoms with Gasteiger partial charge in [0.15, 0.2) is 9.84 Å². The van der Waals surface area contributed by atoms with Gasteiger partial charge in [-0.25, -0.2) is 13.2 Å². The molecule has 7 heteroatoms. The van der Waals surface area contributed by atoms with Gasteiger partial charge >= 0.3 is 5.97 Å². The largest absolute Gasteiger partial charge is 0.477 e. The molecule has 0 aliphatic carbocycles. The fraction of sp³-hybridized carbons (Fsp3) is 0.211. The number of rotatable bonds is 5. The van der Waals surface area contributed by atoms with Crippen LogP contribution in [0, 0.1) is 0 Å². The van der Waals surface area contributed by atoms with Gasteiger partial charge < -0.3 is 15.4 Å². The van der Waals surface area contributed by atoms with Crippen molar-refractivity contribution in [1.82, 2.24) is 4.57 Å². The number of carboxylic acids is 1. The van der Waals surface area contributed by atoms with E-state index in [1.165, 1.54) is 4.57 Å². The van der Waals surface area contributed by atoms with E-state index in [9.17, 15) is 18.3 Å². The van der Waals surface area contributed by atoms with Crippen molar-refractivity contribution in [3.05, 3.63) is 59.3 Å². The minimum Gasteiger partial charge on any atom is -0.477 e. The Morgan fingerprint density at radius 2 is 1.81 bits per heavy atom. The highest BCUT2D eigenvalue weighted by Gasteiger charge is 2.30. The van der Waals surface area contributed by atoms with Gasteiger partial charge in [-0.2, -0.15) is 0 Å². The van der Waals surface area contributed by atoms with Gasteiger partial charge in [0.2, 0.25) is 0 Å². The van der Waals surface area contributed by atoms with Crippen LogP contribution in [0.15, 0.2) is 47.4 Å². The fourth-order valence-corrected chi connectivity index (χ4v) is 4.42. The number of hydrogen-bond acceptors (Lipinski definition) is 4. The number of hydrogen-bond donors (Lipinski definition) is 2. The molecule has 0 amide bonds. The van der Waals surface area contributed by atoms with Gasteiger partial charge in [0.05, 0.1) is 5.52 Å². The maximum absolute atomic E-state index is 12.5. The Labute approximate surface area is 151 Å². The number of nitrogens with zero attached hydrogens (tertiary/aromatic N) is 1. The summed E-state index contributed by atoms with van der Waals surface area (Å²) in [4.78, 5) is 11.8. The Kier molecular flexibility index (Phi) is 4.50. The third-order valence-electron chi connectivity index (χ3n) is 4.45. The molecule has 0 radical (unpaired) electrons. The van der Waals surface area contributed by atoms with Crippen molar-refractivity contribution in [1.29, 1.82) is 0 Å². The second-order valence-electron chi connectivity index (χ2n) is 6.21. The molecule has 0 fully saturated rings. The van der Waals surface area contributed by atoms with Crippen LogP contribution in [0.5, 0.6) is 0 Å². The van der Waals surface area contributed by atoms with E-state index in [0.29, 0.717) is 23.0 Å². The number of aryl methyl sites for hydroxylation is 1. The van der Waals surface area contributed by atoms with E-state index in [0.717, 1.165) is 17.4 Å². The number of aromatic carboxylic acids is 1. The lowest BCUT2D eigenvalue weighted by Crippen LogP contribution is -2.13. The van der Waals surface area contributed by atoms with E-state index in [-0.39, 0.29) is 17.1 Å². The fourth-order valence-electron chi connectivity index (χ4n) is 3.29. The first-order chi connectivity index (χ1) is 12.3. The zero-order valence-electron chi connectivity index (χ0n) is 14.6. The Bertz CT molecular complexity index is 1100. The SMILES string of the molecule is CCc1ccc2c(c1N)c(S(C)(=O)=O)c(C(=O)O)n2Cc1ccccc1. The standard InChI is InChI=1S/C19H20N2O4S/c1-3-13-9-10-14-15(16(13)20)18(26(2,24)25)17(19(22)23)21(14)11-12-7-5-4-6-8-12/h4-10H,3,11,20H2,1-2H3,(H,22,23). The molecule has 0 saturated carbocycles. The third-order valence-corrected chi connectivity index (χ3v) is 5.59. The molecule has 0 bridgehead atoms. The molecule has 2 aromatic carbocycles. The topological polar surface area (TPSA) is 102 Å². The molecule has 1 aromatic heterocycles. The molecule has 0 spiro atoms. The van der Waals surface area contributed by atoms with Crippen molar-refractivity contribution < 1.29 is 18.3 Å².